The molecule has 116 valence electrons. The SMILES string of the molecule is CCCNC(c1c(OC)cnn1CCC)C(C)CCC. The molecule has 4 nitrogen and oxygen atoms in total. The topological polar surface area (TPSA) is 39.1 Å². The van der Waals surface area contributed by atoms with E-state index in [1.165, 1.54) is 18.5 Å². The van der Waals surface area contributed by atoms with E-state index < -0.39 is 0 Å². The molecule has 2 atom stereocenters. The first kappa shape index (κ1) is 17.0. The van der Waals surface area contributed by atoms with Crippen molar-refractivity contribution in [2.24, 2.45) is 5.92 Å². The molecule has 0 aromatic carbocycles. The van der Waals surface area contributed by atoms with Crippen molar-refractivity contribution in [3.63, 3.8) is 0 Å². The molecule has 0 saturated heterocycles. The second kappa shape index (κ2) is 9.01. The Labute approximate surface area is 123 Å². The van der Waals surface area contributed by atoms with Crippen molar-refractivity contribution >= 4 is 0 Å². The van der Waals surface area contributed by atoms with Gasteiger partial charge in [-0.15, -0.1) is 0 Å². The summed E-state index contributed by atoms with van der Waals surface area (Å²) in [6, 6.07) is 0.318. The highest BCUT2D eigenvalue weighted by atomic mass is 16.5. The van der Waals surface area contributed by atoms with Crippen molar-refractivity contribution in [3.8, 4) is 5.75 Å². The molecule has 0 radical (unpaired) electrons. The fraction of sp³-hybridized carbons (Fsp3) is 0.812. The molecule has 2 unspecified atom stereocenters. The van der Waals surface area contributed by atoms with Crippen LogP contribution in [0.3, 0.4) is 0 Å². The van der Waals surface area contributed by atoms with Gasteiger partial charge in [0.15, 0.2) is 5.75 Å². The van der Waals surface area contributed by atoms with E-state index in [2.05, 4.69) is 42.8 Å². The summed E-state index contributed by atoms with van der Waals surface area (Å²) in [7, 11) is 1.73. The van der Waals surface area contributed by atoms with Crippen molar-refractivity contribution < 1.29 is 4.74 Å². The first-order valence-corrected chi connectivity index (χ1v) is 8.02. The predicted molar refractivity (Wildman–Crippen MR) is 84.2 cm³/mol. The molecule has 0 aliphatic carbocycles. The number of ether oxygens (including phenoxy) is 1. The minimum absolute atomic E-state index is 0.318. The lowest BCUT2D eigenvalue weighted by Gasteiger charge is -2.26. The quantitative estimate of drug-likeness (QED) is 0.709. The van der Waals surface area contributed by atoms with Gasteiger partial charge in [-0.2, -0.15) is 5.10 Å². The molecule has 0 fully saturated rings. The molecule has 0 spiro atoms. The third kappa shape index (κ3) is 4.23. The third-order valence-corrected chi connectivity index (χ3v) is 3.72. The summed E-state index contributed by atoms with van der Waals surface area (Å²) < 4.78 is 7.65. The molecule has 1 aromatic rings. The highest BCUT2D eigenvalue weighted by Gasteiger charge is 2.25. The van der Waals surface area contributed by atoms with Gasteiger partial charge in [0.1, 0.15) is 0 Å². The summed E-state index contributed by atoms with van der Waals surface area (Å²) in [5.74, 6) is 1.49. The highest BCUT2D eigenvalue weighted by molar-refractivity contribution is 5.29. The number of nitrogens with zero attached hydrogens (tertiary/aromatic N) is 2. The average molecular weight is 281 g/mol. The molecule has 0 amide bonds. The van der Waals surface area contributed by atoms with E-state index in [0.29, 0.717) is 12.0 Å². The first-order valence-electron chi connectivity index (χ1n) is 8.02. The average Bonchev–Trinajstić information content (AvgIpc) is 2.83. The molecule has 0 aliphatic heterocycles. The van der Waals surface area contributed by atoms with E-state index in [1.807, 2.05) is 6.20 Å². The summed E-state index contributed by atoms with van der Waals surface area (Å²) >= 11 is 0. The Morgan fingerprint density at radius 1 is 1.25 bits per heavy atom. The molecule has 4 heteroatoms. The number of hydrogen-bond donors (Lipinski definition) is 1. The Balaban J connectivity index is 3.06. The molecule has 1 heterocycles. The summed E-state index contributed by atoms with van der Waals surface area (Å²) in [5, 5.41) is 8.19. The van der Waals surface area contributed by atoms with Gasteiger partial charge >= 0.3 is 0 Å². The molecule has 0 saturated carbocycles. The molecule has 1 aromatic heterocycles. The van der Waals surface area contributed by atoms with E-state index in [-0.39, 0.29) is 0 Å². The zero-order chi connectivity index (χ0) is 15.0. The van der Waals surface area contributed by atoms with Crippen LogP contribution in [0.15, 0.2) is 6.20 Å². The van der Waals surface area contributed by atoms with Crippen LogP contribution in [0.1, 0.15) is 65.1 Å². The van der Waals surface area contributed by atoms with Gasteiger partial charge in [-0.1, -0.05) is 34.1 Å². The van der Waals surface area contributed by atoms with Gasteiger partial charge < -0.3 is 10.1 Å². The van der Waals surface area contributed by atoms with Crippen LogP contribution in [0, 0.1) is 5.92 Å². The van der Waals surface area contributed by atoms with Gasteiger partial charge in [-0.05, 0) is 31.7 Å². The zero-order valence-electron chi connectivity index (χ0n) is 13.8. The largest absolute Gasteiger partial charge is 0.493 e. The number of methoxy groups -OCH3 is 1. The molecule has 1 rings (SSSR count). The van der Waals surface area contributed by atoms with Crippen LogP contribution in [-0.2, 0) is 6.54 Å². The molecule has 1 N–H and O–H groups in total. The van der Waals surface area contributed by atoms with Crippen molar-refractivity contribution in [1.29, 1.82) is 0 Å². The molecular weight excluding hydrogens is 250 g/mol. The van der Waals surface area contributed by atoms with Crippen LogP contribution >= 0.6 is 0 Å². The number of aryl methyl sites for hydroxylation is 1. The van der Waals surface area contributed by atoms with Crippen molar-refractivity contribution in [1.82, 2.24) is 15.1 Å². The van der Waals surface area contributed by atoms with E-state index in [0.717, 1.165) is 31.7 Å². The second-order valence-corrected chi connectivity index (χ2v) is 5.52. The highest BCUT2D eigenvalue weighted by Crippen LogP contribution is 2.32. The van der Waals surface area contributed by atoms with E-state index in [9.17, 15) is 0 Å². The van der Waals surface area contributed by atoms with Crippen molar-refractivity contribution in [3.05, 3.63) is 11.9 Å². The van der Waals surface area contributed by atoms with E-state index >= 15 is 0 Å². The number of aromatic nitrogens is 2. The minimum Gasteiger partial charge on any atom is -0.493 e. The van der Waals surface area contributed by atoms with E-state index in [1.54, 1.807) is 7.11 Å². The maximum absolute atomic E-state index is 5.54. The Bertz CT molecular complexity index is 376. The molecule has 0 aliphatic rings. The smallest absolute Gasteiger partial charge is 0.161 e. The van der Waals surface area contributed by atoms with Gasteiger partial charge in [0.05, 0.1) is 25.0 Å². The lowest BCUT2D eigenvalue weighted by molar-refractivity contribution is 0.323. The monoisotopic (exact) mass is 281 g/mol. The van der Waals surface area contributed by atoms with Crippen LogP contribution in [0.2, 0.25) is 0 Å². The van der Waals surface area contributed by atoms with E-state index in [4.69, 9.17) is 4.74 Å². The summed E-state index contributed by atoms with van der Waals surface area (Å²) in [6.45, 7) is 10.9. The summed E-state index contributed by atoms with van der Waals surface area (Å²) in [6.07, 6.45) is 6.49. The van der Waals surface area contributed by atoms with Gasteiger partial charge in [0.2, 0.25) is 0 Å². The van der Waals surface area contributed by atoms with Crippen LogP contribution in [0.25, 0.3) is 0 Å². The maximum atomic E-state index is 5.54. The standard InChI is InChI=1S/C16H31N3O/c1-6-9-13(4)15(17-10-7-2)16-14(20-5)12-18-19(16)11-8-3/h12-13,15,17H,6-11H2,1-5H3. The zero-order valence-corrected chi connectivity index (χ0v) is 13.8. The van der Waals surface area contributed by atoms with Crippen LogP contribution < -0.4 is 10.1 Å². The second-order valence-electron chi connectivity index (χ2n) is 5.52. The lowest BCUT2D eigenvalue weighted by Crippen LogP contribution is -2.30. The molecule has 0 bridgehead atoms. The maximum Gasteiger partial charge on any atom is 0.161 e. The summed E-state index contributed by atoms with van der Waals surface area (Å²) in [4.78, 5) is 0. The fourth-order valence-electron chi connectivity index (χ4n) is 2.73. The number of hydrogen-bond acceptors (Lipinski definition) is 3. The predicted octanol–water partition coefficient (Wildman–Crippen LogP) is 3.78. The van der Waals surface area contributed by atoms with Gasteiger partial charge in [-0.3, -0.25) is 4.68 Å². The number of rotatable bonds is 10. The Hall–Kier alpha value is -1.03. The minimum atomic E-state index is 0.318. The Kier molecular flexibility index (Phi) is 7.67. The molecular formula is C16H31N3O. The van der Waals surface area contributed by atoms with Gasteiger partial charge in [-0.25, -0.2) is 0 Å². The molecule has 20 heavy (non-hydrogen) atoms. The van der Waals surface area contributed by atoms with Crippen LogP contribution in [0.4, 0.5) is 0 Å². The number of nitrogens with one attached hydrogen (secondary N) is 1. The van der Waals surface area contributed by atoms with Crippen LogP contribution in [-0.4, -0.2) is 23.4 Å². The third-order valence-electron chi connectivity index (χ3n) is 3.72. The van der Waals surface area contributed by atoms with Crippen molar-refractivity contribution in [2.75, 3.05) is 13.7 Å². The van der Waals surface area contributed by atoms with Gasteiger partial charge in [0.25, 0.3) is 0 Å². The van der Waals surface area contributed by atoms with Crippen LogP contribution in [0.5, 0.6) is 5.75 Å². The normalized spacial score (nSPS) is 14.2. The Morgan fingerprint density at radius 3 is 2.55 bits per heavy atom. The van der Waals surface area contributed by atoms with Crippen molar-refractivity contribution in [2.45, 2.75) is 66.0 Å². The van der Waals surface area contributed by atoms with Gasteiger partial charge in [0, 0.05) is 6.54 Å². The lowest BCUT2D eigenvalue weighted by atomic mass is 9.93. The Morgan fingerprint density at radius 2 is 2.00 bits per heavy atom. The fourth-order valence-corrected chi connectivity index (χ4v) is 2.73. The summed E-state index contributed by atoms with van der Waals surface area (Å²) in [5.41, 5.74) is 1.21. The first-order chi connectivity index (χ1) is 9.69.